The fourth-order valence-corrected chi connectivity index (χ4v) is 1.12. The van der Waals surface area contributed by atoms with Gasteiger partial charge in [-0.15, -0.1) is 0 Å². The summed E-state index contributed by atoms with van der Waals surface area (Å²) in [6.45, 7) is 4.26. The second-order valence-corrected chi connectivity index (χ2v) is 4.34. The molecule has 1 aromatic heterocycles. The Morgan fingerprint density at radius 2 is 2.33 bits per heavy atom. The maximum atomic E-state index is 11.4. The summed E-state index contributed by atoms with van der Waals surface area (Å²) in [7, 11) is 0. The van der Waals surface area contributed by atoms with Crippen LogP contribution in [0.3, 0.4) is 0 Å². The standard InChI is InChI=1S/C11H18N2O2/c1-11(2,12)6-5-10(14)13-8-9-4-3-7-15-9/h3-4,7H,5-6,8,12H2,1-2H3,(H,13,14). The van der Waals surface area contributed by atoms with Crippen LogP contribution in [0.25, 0.3) is 0 Å². The zero-order chi connectivity index (χ0) is 11.3. The molecule has 0 atom stereocenters. The van der Waals surface area contributed by atoms with Crippen molar-refractivity contribution in [1.82, 2.24) is 5.32 Å². The van der Waals surface area contributed by atoms with E-state index in [2.05, 4.69) is 5.32 Å². The van der Waals surface area contributed by atoms with Gasteiger partial charge in [0.1, 0.15) is 5.76 Å². The Labute approximate surface area is 89.8 Å². The fraction of sp³-hybridized carbons (Fsp3) is 0.545. The van der Waals surface area contributed by atoms with Gasteiger partial charge in [-0.05, 0) is 32.4 Å². The maximum absolute atomic E-state index is 11.4. The number of furan rings is 1. The van der Waals surface area contributed by atoms with Crippen LogP contribution in [-0.4, -0.2) is 11.4 Å². The third-order valence-corrected chi connectivity index (χ3v) is 2.04. The van der Waals surface area contributed by atoms with E-state index < -0.39 is 0 Å². The molecule has 0 saturated heterocycles. The Morgan fingerprint density at radius 1 is 1.60 bits per heavy atom. The lowest BCUT2D eigenvalue weighted by atomic mass is 10.00. The molecule has 0 radical (unpaired) electrons. The van der Waals surface area contributed by atoms with Gasteiger partial charge < -0.3 is 15.5 Å². The van der Waals surface area contributed by atoms with Crippen LogP contribution in [-0.2, 0) is 11.3 Å². The van der Waals surface area contributed by atoms with Gasteiger partial charge in [0.2, 0.25) is 5.91 Å². The van der Waals surface area contributed by atoms with E-state index in [1.54, 1.807) is 12.3 Å². The van der Waals surface area contributed by atoms with Gasteiger partial charge in [0.05, 0.1) is 12.8 Å². The molecule has 1 heterocycles. The van der Waals surface area contributed by atoms with Crippen molar-refractivity contribution in [2.24, 2.45) is 5.73 Å². The number of hydrogen-bond donors (Lipinski definition) is 2. The van der Waals surface area contributed by atoms with Gasteiger partial charge in [0.25, 0.3) is 0 Å². The van der Waals surface area contributed by atoms with Crippen molar-refractivity contribution >= 4 is 5.91 Å². The average molecular weight is 210 g/mol. The fourth-order valence-electron chi connectivity index (χ4n) is 1.12. The Morgan fingerprint density at radius 3 is 2.87 bits per heavy atom. The second-order valence-electron chi connectivity index (χ2n) is 4.34. The summed E-state index contributed by atoms with van der Waals surface area (Å²) in [4.78, 5) is 11.4. The minimum absolute atomic E-state index is 0.00456. The molecule has 4 heteroatoms. The third-order valence-electron chi connectivity index (χ3n) is 2.04. The first kappa shape index (κ1) is 11.8. The summed E-state index contributed by atoms with van der Waals surface area (Å²) in [5.41, 5.74) is 5.49. The molecular formula is C11H18N2O2. The van der Waals surface area contributed by atoms with E-state index in [0.29, 0.717) is 19.4 Å². The number of nitrogens with one attached hydrogen (secondary N) is 1. The molecular weight excluding hydrogens is 192 g/mol. The number of amides is 1. The highest BCUT2D eigenvalue weighted by Crippen LogP contribution is 2.07. The second kappa shape index (κ2) is 4.98. The topological polar surface area (TPSA) is 68.3 Å². The van der Waals surface area contributed by atoms with E-state index >= 15 is 0 Å². The minimum atomic E-state index is -0.290. The first-order valence-corrected chi connectivity index (χ1v) is 5.05. The SMILES string of the molecule is CC(C)(N)CCC(=O)NCc1ccco1. The van der Waals surface area contributed by atoms with E-state index in [1.165, 1.54) is 0 Å². The van der Waals surface area contributed by atoms with Crippen LogP contribution in [0.5, 0.6) is 0 Å². The highest BCUT2D eigenvalue weighted by molar-refractivity contribution is 5.75. The average Bonchev–Trinajstić information content (AvgIpc) is 2.62. The Balaban J connectivity index is 2.20. The number of carbonyl (C=O) groups is 1. The molecule has 1 rings (SSSR count). The molecule has 0 aliphatic rings. The molecule has 0 aliphatic heterocycles. The third kappa shape index (κ3) is 5.22. The molecule has 0 bridgehead atoms. The van der Waals surface area contributed by atoms with Gasteiger partial charge in [-0.3, -0.25) is 4.79 Å². The molecule has 1 amide bonds. The normalized spacial score (nSPS) is 11.4. The molecule has 0 aliphatic carbocycles. The van der Waals surface area contributed by atoms with E-state index in [-0.39, 0.29) is 11.4 Å². The molecule has 0 spiro atoms. The molecule has 0 fully saturated rings. The van der Waals surface area contributed by atoms with Crippen molar-refractivity contribution in [3.8, 4) is 0 Å². The van der Waals surface area contributed by atoms with E-state index in [4.69, 9.17) is 10.2 Å². The van der Waals surface area contributed by atoms with E-state index in [1.807, 2.05) is 19.9 Å². The number of hydrogen-bond acceptors (Lipinski definition) is 3. The van der Waals surface area contributed by atoms with Gasteiger partial charge in [0, 0.05) is 12.0 Å². The van der Waals surface area contributed by atoms with Crippen LogP contribution in [0.2, 0.25) is 0 Å². The summed E-state index contributed by atoms with van der Waals surface area (Å²) >= 11 is 0. The van der Waals surface area contributed by atoms with Gasteiger partial charge in [-0.1, -0.05) is 0 Å². The summed E-state index contributed by atoms with van der Waals surface area (Å²) in [5.74, 6) is 0.764. The van der Waals surface area contributed by atoms with Crippen molar-refractivity contribution in [3.05, 3.63) is 24.2 Å². The summed E-state index contributed by atoms with van der Waals surface area (Å²) in [6.07, 6.45) is 2.71. The molecule has 3 N–H and O–H groups in total. The van der Waals surface area contributed by atoms with Gasteiger partial charge in [0.15, 0.2) is 0 Å². The number of carbonyl (C=O) groups excluding carboxylic acids is 1. The van der Waals surface area contributed by atoms with Crippen LogP contribution in [0.4, 0.5) is 0 Å². The van der Waals surface area contributed by atoms with Crippen molar-refractivity contribution in [2.75, 3.05) is 0 Å². The number of rotatable bonds is 5. The smallest absolute Gasteiger partial charge is 0.220 e. The van der Waals surface area contributed by atoms with Gasteiger partial charge in [-0.25, -0.2) is 0 Å². The Hall–Kier alpha value is -1.29. The van der Waals surface area contributed by atoms with Crippen molar-refractivity contribution in [3.63, 3.8) is 0 Å². The quantitative estimate of drug-likeness (QED) is 0.772. The van der Waals surface area contributed by atoms with Crippen LogP contribution in [0.15, 0.2) is 22.8 Å². The monoisotopic (exact) mass is 210 g/mol. The molecule has 0 saturated carbocycles. The lowest BCUT2D eigenvalue weighted by Gasteiger charge is -2.17. The largest absolute Gasteiger partial charge is 0.467 e. The predicted octanol–water partition coefficient (Wildman–Crippen LogP) is 1.41. The van der Waals surface area contributed by atoms with Gasteiger partial charge in [-0.2, -0.15) is 0 Å². The lowest BCUT2D eigenvalue weighted by molar-refractivity contribution is -0.121. The van der Waals surface area contributed by atoms with Crippen LogP contribution < -0.4 is 11.1 Å². The highest BCUT2D eigenvalue weighted by atomic mass is 16.3. The van der Waals surface area contributed by atoms with Gasteiger partial charge >= 0.3 is 0 Å². The zero-order valence-corrected chi connectivity index (χ0v) is 9.25. The summed E-state index contributed by atoms with van der Waals surface area (Å²) in [5, 5.41) is 2.77. The molecule has 4 nitrogen and oxygen atoms in total. The maximum Gasteiger partial charge on any atom is 0.220 e. The van der Waals surface area contributed by atoms with Crippen molar-refractivity contribution in [1.29, 1.82) is 0 Å². The lowest BCUT2D eigenvalue weighted by Crippen LogP contribution is -2.34. The van der Waals surface area contributed by atoms with E-state index in [0.717, 1.165) is 5.76 Å². The van der Waals surface area contributed by atoms with Crippen molar-refractivity contribution in [2.45, 2.75) is 38.8 Å². The Bertz CT molecular complexity index is 299. The summed E-state index contributed by atoms with van der Waals surface area (Å²) in [6, 6.07) is 3.62. The summed E-state index contributed by atoms with van der Waals surface area (Å²) < 4.78 is 5.09. The molecule has 84 valence electrons. The zero-order valence-electron chi connectivity index (χ0n) is 9.25. The highest BCUT2D eigenvalue weighted by Gasteiger charge is 2.12. The van der Waals surface area contributed by atoms with Crippen molar-refractivity contribution < 1.29 is 9.21 Å². The molecule has 15 heavy (non-hydrogen) atoms. The Kier molecular flexibility index (Phi) is 3.91. The van der Waals surface area contributed by atoms with Crippen LogP contribution in [0.1, 0.15) is 32.4 Å². The first-order valence-electron chi connectivity index (χ1n) is 5.05. The van der Waals surface area contributed by atoms with Crippen LogP contribution in [0, 0.1) is 0 Å². The minimum Gasteiger partial charge on any atom is -0.467 e. The predicted molar refractivity (Wildman–Crippen MR) is 58.1 cm³/mol. The van der Waals surface area contributed by atoms with Crippen LogP contribution >= 0.6 is 0 Å². The van der Waals surface area contributed by atoms with E-state index in [9.17, 15) is 4.79 Å². The molecule has 1 aromatic rings. The number of nitrogens with two attached hydrogens (primary N) is 1. The molecule has 0 unspecified atom stereocenters. The first-order chi connectivity index (χ1) is 6.97. The molecule has 0 aromatic carbocycles.